The van der Waals surface area contributed by atoms with Gasteiger partial charge in [-0.05, 0) is 12.8 Å². The second kappa shape index (κ2) is 5.71. The number of piperidine rings is 1. The highest BCUT2D eigenvalue weighted by molar-refractivity contribution is 7.88. The molecule has 2 aliphatic rings. The molecule has 0 bridgehead atoms. The van der Waals surface area contributed by atoms with Crippen LogP contribution in [0, 0.1) is 5.82 Å². The van der Waals surface area contributed by atoms with Crippen molar-refractivity contribution in [2.24, 2.45) is 0 Å². The topological polar surface area (TPSA) is 75.6 Å². The van der Waals surface area contributed by atoms with Gasteiger partial charge in [-0.2, -0.15) is 4.31 Å². The lowest BCUT2D eigenvalue weighted by atomic mass is 9.91. The van der Waals surface area contributed by atoms with Crippen molar-refractivity contribution in [1.29, 1.82) is 0 Å². The number of hydrogen-bond acceptors (Lipinski definition) is 6. The Kier molecular flexibility index (Phi) is 4.04. The fraction of sp³-hybridized carbons (Fsp3) is 0.692. The molecule has 1 atom stereocenters. The molecule has 0 radical (unpaired) electrons. The number of halogens is 1. The van der Waals surface area contributed by atoms with E-state index < -0.39 is 21.4 Å². The highest BCUT2D eigenvalue weighted by Gasteiger charge is 2.43. The van der Waals surface area contributed by atoms with E-state index in [0.717, 1.165) is 31.8 Å². The molecule has 3 rings (SSSR count). The molecule has 1 aromatic heterocycles. The predicted molar refractivity (Wildman–Crippen MR) is 78.5 cm³/mol. The molecule has 0 N–H and O–H groups in total. The highest BCUT2D eigenvalue weighted by Crippen LogP contribution is 2.31. The number of aromatic nitrogens is 2. The van der Waals surface area contributed by atoms with Crippen LogP contribution in [0.15, 0.2) is 12.4 Å². The predicted octanol–water partition coefficient (Wildman–Crippen LogP) is 0.246. The molecule has 0 saturated carbocycles. The van der Waals surface area contributed by atoms with Crippen LogP contribution in [-0.2, 0) is 14.8 Å². The van der Waals surface area contributed by atoms with Gasteiger partial charge in [-0.3, -0.25) is 0 Å². The first-order valence-electron chi connectivity index (χ1n) is 7.20. The molecule has 2 aliphatic heterocycles. The van der Waals surface area contributed by atoms with Crippen LogP contribution in [0.25, 0.3) is 0 Å². The van der Waals surface area contributed by atoms with E-state index in [0.29, 0.717) is 32.2 Å². The minimum atomic E-state index is -3.23. The summed E-state index contributed by atoms with van der Waals surface area (Å²) < 4.78 is 43.9. The molecule has 3 heterocycles. The molecule has 0 amide bonds. The summed E-state index contributed by atoms with van der Waals surface area (Å²) >= 11 is 0. The number of ether oxygens (including phenoxy) is 1. The molecule has 7 nitrogen and oxygen atoms in total. The number of nitrogens with zero attached hydrogens (tertiary/aromatic N) is 4. The molecule has 22 heavy (non-hydrogen) atoms. The van der Waals surface area contributed by atoms with Crippen molar-refractivity contribution in [1.82, 2.24) is 14.3 Å². The lowest BCUT2D eigenvalue weighted by Gasteiger charge is -2.47. The third-order valence-corrected chi connectivity index (χ3v) is 5.36. The van der Waals surface area contributed by atoms with Gasteiger partial charge in [0.2, 0.25) is 16.0 Å². The lowest BCUT2D eigenvalue weighted by molar-refractivity contribution is -0.0950. The minimum absolute atomic E-state index is 0.337. The Hall–Kier alpha value is -1.32. The van der Waals surface area contributed by atoms with E-state index in [1.807, 2.05) is 4.90 Å². The summed E-state index contributed by atoms with van der Waals surface area (Å²) in [6.07, 6.45) is 5.12. The van der Waals surface area contributed by atoms with E-state index in [2.05, 4.69) is 9.97 Å². The molecule has 1 aromatic rings. The normalized spacial score (nSPS) is 27.3. The van der Waals surface area contributed by atoms with Gasteiger partial charge < -0.3 is 9.64 Å². The Morgan fingerprint density at radius 3 is 2.68 bits per heavy atom. The van der Waals surface area contributed by atoms with Crippen molar-refractivity contribution >= 4 is 16.0 Å². The van der Waals surface area contributed by atoms with Crippen LogP contribution in [0.4, 0.5) is 10.3 Å². The Balaban J connectivity index is 1.78. The summed E-state index contributed by atoms with van der Waals surface area (Å²) in [5, 5.41) is 0. The lowest BCUT2D eigenvalue weighted by Crippen LogP contribution is -2.60. The van der Waals surface area contributed by atoms with Gasteiger partial charge in [0.05, 0.1) is 37.4 Å². The molecule has 2 saturated heterocycles. The molecular formula is C13H19FN4O3S. The smallest absolute Gasteiger partial charge is 0.225 e. The van der Waals surface area contributed by atoms with Gasteiger partial charge >= 0.3 is 0 Å². The van der Waals surface area contributed by atoms with Gasteiger partial charge in [0.25, 0.3) is 0 Å². The van der Waals surface area contributed by atoms with Crippen LogP contribution in [0.3, 0.4) is 0 Å². The summed E-state index contributed by atoms with van der Waals surface area (Å²) in [4.78, 5) is 9.93. The second-order valence-electron chi connectivity index (χ2n) is 5.85. The number of anilines is 1. The SMILES string of the molecule is CS(=O)(=O)N1CCO[C@]2(CCCN(c3ncc(F)cn3)C2)C1. The number of rotatable bonds is 2. The first-order valence-corrected chi connectivity index (χ1v) is 9.04. The van der Waals surface area contributed by atoms with Crippen LogP contribution in [-0.4, -0.2) is 67.3 Å². The number of sulfonamides is 1. The molecule has 0 aliphatic carbocycles. The molecule has 2 fully saturated rings. The third-order valence-electron chi connectivity index (χ3n) is 4.11. The van der Waals surface area contributed by atoms with Crippen molar-refractivity contribution in [2.45, 2.75) is 18.4 Å². The van der Waals surface area contributed by atoms with Crippen molar-refractivity contribution in [3.63, 3.8) is 0 Å². The van der Waals surface area contributed by atoms with Crippen LogP contribution in [0.1, 0.15) is 12.8 Å². The molecule has 0 unspecified atom stereocenters. The first-order chi connectivity index (χ1) is 10.4. The maximum Gasteiger partial charge on any atom is 0.225 e. The van der Waals surface area contributed by atoms with E-state index in [-0.39, 0.29) is 0 Å². The first kappa shape index (κ1) is 15.6. The largest absolute Gasteiger partial charge is 0.370 e. The van der Waals surface area contributed by atoms with E-state index >= 15 is 0 Å². The van der Waals surface area contributed by atoms with Crippen LogP contribution in [0.2, 0.25) is 0 Å². The minimum Gasteiger partial charge on any atom is -0.370 e. The van der Waals surface area contributed by atoms with Crippen molar-refractivity contribution in [2.75, 3.05) is 43.9 Å². The summed E-state index contributed by atoms with van der Waals surface area (Å²) in [5.41, 5.74) is -0.544. The Morgan fingerprint density at radius 2 is 2.00 bits per heavy atom. The van der Waals surface area contributed by atoms with Gasteiger partial charge in [-0.25, -0.2) is 22.8 Å². The van der Waals surface area contributed by atoms with Crippen LogP contribution < -0.4 is 4.90 Å². The Morgan fingerprint density at radius 1 is 1.27 bits per heavy atom. The van der Waals surface area contributed by atoms with E-state index in [4.69, 9.17) is 4.74 Å². The zero-order valence-corrected chi connectivity index (χ0v) is 13.2. The zero-order chi connectivity index (χ0) is 15.8. The summed E-state index contributed by atoms with van der Waals surface area (Å²) in [5.74, 6) is -0.0341. The quantitative estimate of drug-likeness (QED) is 0.774. The summed E-state index contributed by atoms with van der Waals surface area (Å²) in [6.45, 7) is 2.35. The Bertz CT molecular complexity index is 635. The molecular weight excluding hydrogens is 311 g/mol. The fourth-order valence-corrected chi connectivity index (χ4v) is 3.95. The molecule has 0 aromatic carbocycles. The van der Waals surface area contributed by atoms with Crippen molar-refractivity contribution in [3.8, 4) is 0 Å². The summed E-state index contributed by atoms with van der Waals surface area (Å²) in [6, 6.07) is 0. The third kappa shape index (κ3) is 3.21. The second-order valence-corrected chi connectivity index (χ2v) is 7.84. The molecule has 9 heteroatoms. The zero-order valence-electron chi connectivity index (χ0n) is 12.4. The van der Waals surface area contributed by atoms with Crippen LogP contribution >= 0.6 is 0 Å². The fourth-order valence-electron chi connectivity index (χ4n) is 3.08. The average Bonchev–Trinajstić information content (AvgIpc) is 2.47. The standard InChI is InChI=1S/C13H19FN4O3S/c1-22(19,20)18-5-6-21-13(10-18)3-2-4-17(9-13)12-15-7-11(14)8-16-12/h7-8H,2-6,9-10H2,1H3/t13-/m0/s1. The maximum atomic E-state index is 12.9. The van der Waals surface area contributed by atoms with Gasteiger partial charge in [0.15, 0.2) is 5.82 Å². The van der Waals surface area contributed by atoms with Gasteiger partial charge in [0, 0.05) is 19.6 Å². The highest BCUT2D eigenvalue weighted by atomic mass is 32.2. The van der Waals surface area contributed by atoms with Gasteiger partial charge in [-0.1, -0.05) is 0 Å². The molecule has 122 valence electrons. The monoisotopic (exact) mass is 330 g/mol. The van der Waals surface area contributed by atoms with Gasteiger partial charge in [-0.15, -0.1) is 0 Å². The Labute approximate surface area is 129 Å². The average molecular weight is 330 g/mol. The van der Waals surface area contributed by atoms with Crippen LogP contribution in [0.5, 0.6) is 0 Å². The van der Waals surface area contributed by atoms with E-state index in [1.54, 1.807) is 0 Å². The van der Waals surface area contributed by atoms with Gasteiger partial charge in [0.1, 0.15) is 0 Å². The molecule has 1 spiro atoms. The number of hydrogen-bond donors (Lipinski definition) is 0. The number of morpholine rings is 1. The summed E-state index contributed by atoms with van der Waals surface area (Å²) in [7, 11) is -3.23. The van der Waals surface area contributed by atoms with Crippen molar-refractivity contribution < 1.29 is 17.5 Å². The van der Waals surface area contributed by atoms with E-state index in [1.165, 1.54) is 10.6 Å². The maximum absolute atomic E-state index is 12.9. The van der Waals surface area contributed by atoms with E-state index in [9.17, 15) is 12.8 Å². The van der Waals surface area contributed by atoms with Crippen molar-refractivity contribution in [3.05, 3.63) is 18.2 Å².